The third kappa shape index (κ3) is 4.14. The van der Waals surface area contributed by atoms with Crippen molar-refractivity contribution in [2.75, 3.05) is 24.4 Å². The topological polar surface area (TPSA) is 58.2 Å². The van der Waals surface area contributed by atoms with Crippen LogP contribution >= 0.6 is 0 Å². The number of anilines is 1. The number of hydrogen-bond acceptors (Lipinski definition) is 3. The normalized spacial score (nSPS) is 13.8. The van der Waals surface area contributed by atoms with E-state index in [1.165, 1.54) is 0 Å². The molecule has 0 saturated heterocycles. The third-order valence-corrected chi connectivity index (χ3v) is 3.52. The molecule has 2 atom stereocenters. The fourth-order valence-electron chi connectivity index (χ4n) is 1.76. The number of amides is 1. The van der Waals surface area contributed by atoms with Gasteiger partial charge in [0.1, 0.15) is 0 Å². The first-order chi connectivity index (χ1) is 8.43. The Labute approximate surface area is 111 Å². The standard InChI is InChI=1S/C13H20N2O2S/c1-9-5-6-11(12(7-9)14-3)13(16)15-10(2)8-18(4)17/h5-7,10,14H,8H2,1-4H3,(H,15,16). The first kappa shape index (κ1) is 14.7. The molecule has 1 amide bonds. The highest BCUT2D eigenvalue weighted by Gasteiger charge is 2.14. The van der Waals surface area contributed by atoms with Crippen molar-refractivity contribution in [3.63, 3.8) is 0 Å². The van der Waals surface area contributed by atoms with Crippen molar-refractivity contribution in [2.45, 2.75) is 19.9 Å². The molecule has 0 heterocycles. The van der Waals surface area contributed by atoms with E-state index in [4.69, 9.17) is 0 Å². The monoisotopic (exact) mass is 268 g/mol. The zero-order valence-electron chi connectivity index (χ0n) is 11.2. The molecule has 0 spiro atoms. The molecule has 5 heteroatoms. The van der Waals surface area contributed by atoms with Crippen LogP contribution in [0.3, 0.4) is 0 Å². The zero-order valence-corrected chi connectivity index (χ0v) is 12.1. The molecule has 100 valence electrons. The highest BCUT2D eigenvalue weighted by Crippen LogP contribution is 2.17. The molecule has 0 saturated carbocycles. The molecule has 4 nitrogen and oxygen atoms in total. The maximum atomic E-state index is 12.1. The van der Waals surface area contributed by atoms with Crippen molar-refractivity contribution >= 4 is 22.4 Å². The molecular formula is C13H20N2O2S. The van der Waals surface area contributed by atoms with E-state index < -0.39 is 10.8 Å². The van der Waals surface area contributed by atoms with E-state index >= 15 is 0 Å². The van der Waals surface area contributed by atoms with Gasteiger partial charge in [-0.2, -0.15) is 0 Å². The fourth-order valence-corrected chi connectivity index (χ4v) is 2.55. The summed E-state index contributed by atoms with van der Waals surface area (Å²) in [4.78, 5) is 12.1. The van der Waals surface area contributed by atoms with Crippen LogP contribution in [0.25, 0.3) is 0 Å². The van der Waals surface area contributed by atoms with Crippen molar-refractivity contribution in [1.82, 2.24) is 5.32 Å². The van der Waals surface area contributed by atoms with Crippen LogP contribution in [0.15, 0.2) is 18.2 Å². The van der Waals surface area contributed by atoms with Gasteiger partial charge >= 0.3 is 0 Å². The Balaban J connectivity index is 2.81. The Morgan fingerprint density at radius 3 is 2.67 bits per heavy atom. The van der Waals surface area contributed by atoms with Gasteiger partial charge in [0.05, 0.1) is 5.56 Å². The van der Waals surface area contributed by atoms with Gasteiger partial charge in [0, 0.05) is 41.6 Å². The molecule has 0 aliphatic heterocycles. The number of benzene rings is 1. The highest BCUT2D eigenvalue weighted by molar-refractivity contribution is 7.84. The van der Waals surface area contributed by atoms with Gasteiger partial charge < -0.3 is 10.6 Å². The zero-order chi connectivity index (χ0) is 13.7. The minimum atomic E-state index is -0.910. The minimum Gasteiger partial charge on any atom is -0.387 e. The molecule has 2 unspecified atom stereocenters. The van der Waals surface area contributed by atoms with Crippen LogP contribution in [0.2, 0.25) is 0 Å². The average molecular weight is 268 g/mol. The smallest absolute Gasteiger partial charge is 0.253 e. The Morgan fingerprint density at radius 1 is 1.44 bits per heavy atom. The molecule has 2 N–H and O–H groups in total. The van der Waals surface area contributed by atoms with E-state index in [1.807, 2.05) is 26.0 Å². The molecule has 0 bridgehead atoms. The van der Waals surface area contributed by atoms with Gasteiger partial charge in [0.15, 0.2) is 0 Å². The second-order valence-electron chi connectivity index (χ2n) is 4.41. The molecule has 1 rings (SSSR count). The van der Waals surface area contributed by atoms with Crippen LogP contribution in [-0.4, -0.2) is 35.2 Å². The summed E-state index contributed by atoms with van der Waals surface area (Å²) in [6.45, 7) is 3.83. The molecular weight excluding hydrogens is 248 g/mol. The van der Waals surface area contributed by atoms with Crippen molar-refractivity contribution in [3.8, 4) is 0 Å². The Bertz CT molecular complexity index is 460. The molecule has 0 aromatic heterocycles. The van der Waals surface area contributed by atoms with Gasteiger partial charge in [-0.25, -0.2) is 0 Å². The summed E-state index contributed by atoms with van der Waals surface area (Å²) < 4.78 is 11.1. The van der Waals surface area contributed by atoms with Crippen LogP contribution in [0, 0.1) is 6.92 Å². The first-order valence-corrected chi connectivity index (χ1v) is 7.56. The molecule has 0 fully saturated rings. The minimum absolute atomic E-state index is 0.102. The van der Waals surface area contributed by atoms with Crippen molar-refractivity contribution < 1.29 is 9.00 Å². The molecule has 1 aromatic rings. The number of carbonyl (C=O) groups is 1. The number of hydrogen-bond donors (Lipinski definition) is 2. The Hall–Kier alpha value is -1.36. The highest BCUT2D eigenvalue weighted by atomic mass is 32.2. The predicted octanol–water partition coefficient (Wildman–Crippen LogP) is 1.53. The summed E-state index contributed by atoms with van der Waals surface area (Å²) >= 11 is 0. The molecule has 0 radical (unpaired) electrons. The van der Waals surface area contributed by atoms with E-state index in [2.05, 4.69) is 10.6 Å². The van der Waals surface area contributed by atoms with Crippen molar-refractivity contribution in [1.29, 1.82) is 0 Å². The summed E-state index contributed by atoms with van der Waals surface area (Å²) in [5.74, 6) is 0.323. The summed E-state index contributed by atoms with van der Waals surface area (Å²) in [7, 11) is 0.878. The van der Waals surface area contributed by atoms with Gasteiger partial charge in [-0.1, -0.05) is 6.07 Å². The number of aryl methyl sites for hydroxylation is 1. The van der Waals surface area contributed by atoms with Gasteiger partial charge in [0.25, 0.3) is 5.91 Å². The fraction of sp³-hybridized carbons (Fsp3) is 0.462. The van der Waals surface area contributed by atoms with Crippen LogP contribution in [0.1, 0.15) is 22.8 Å². The van der Waals surface area contributed by atoms with Crippen LogP contribution in [0.4, 0.5) is 5.69 Å². The second kappa shape index (κ2) is 6.54. The Morgan fingerprint density at radius 2 is 2.11 bits per heavy atom. The van der Waals surface area contributed by atoms with Crippen LogP contribution < -0.4 is 10.6 Å². The van der Waals surface area contributed by atoms with Gasteiger partial charge in [-0.3, -0.25) is 9.00 Å². The molecule has 1 aromatic carbocycles. The van der Waals surface area contributed by atoms with Crippen LogP contribution in [0.5, 0.6) is 0 Å². The quantitative estimate of drug-likeness (QED) is 0.851. The summed E-state index contributed by atoms with van der Waals surface area (Å²) in [6, 6.07) is 5.52. The van der Waals surface area contributed by atoms with E-state index in [9.17, 15) is 9.00 Å². The lowest BCUT2D eigenvalue weighted by Gasteiger charge is -2.15. The summed E-state index contributed by atoms with van der Waals surface area (Å²) in [5, 5.41) is 5.86. The van der Waals surface area contributed by atoms with Crippen molar-refractivity contribution in [2.24, 2.45) is 0 Å². The van der Waals surface area contributed by atoms with Gasteiger partial charge in [-0.15, -0.1) is 0 Å². The van der Waals surface area contributed by atoms with Crippen molar-refractivity contribution in [3.05, 3.63) is 29.3 Å². The predicted molar refractivity (Wildman–Crippen MR) is 76.6 cm³/mol. The number of carbonyl (C=O) groups excluding carboxylic acids is 1. The van der Waals surface area contributed by atoms with E-state index in [0.29, 0.717) is 11.3 Å². The lowest BCUT2D eigenvalue weighted by molar-refractivity contribution is 0.0944. The molecule has 0 aliphatic rings. The summed E-state index contributed by atoms with van der Waals surface area (Å²) in [5.41, 5.74) is 2.51. The maximum absolute atomic E-state index is 12.1. The molecule has 0 aliphatic carbocycles. The van der Waals surface area contributed by atoms with Crippen LogP contribution in [-0.2, 0) is 10.8 Å². The second-order valence-corrected chi connectivity index (χ2v) is 5.89. The number of nitrogens with one attached hydrogen (secondary N) is 2. The van der Waals surface area contributed by atoms with E-state index in [0.717, 1.165) is 11.3 Å². The average Bonchev–Trinajstić information content (AvgIpc) is 2.27. The first-order valence-electron chi connectivity index (χ1n) is 5.83. The van der Waals surface area contributed by atoms with E-state index in [-0.39, 0.29) is 11.9 Å². The largest absolute Gasteiger partial charge is 0.387 e. The van der Waals surface area contributed by atoms with Gasteiger partial charge in [0.2, 0.25) is 0 Å². The lowest BCUT2D eigenvalue weighted by Crippen LogP contribution is -2.36. The SMILES string of the molecule is CNc1cc(C)ccc1C(=O)NC(C)CS(C)=O. The van der Waals surface area contributed by atoms with Gasteiger partial charge in [-0.05, 0) is 31.5 Å². The van der Waals surface area contributed by atoms with E-state index in [1.54, 1.807) is 19.4 Å². The lowest BCUT2D eigenvalue weighted by atomic mass is 10.1. The maximum Gasteiger partial charge on any atom is 0.253 e. The third-order valence-electron chi connectivity index (χ3n) is 2.55. The number of rotatable bonds is 5. The Kier molecular flexibility index (Phi) is 5.34. The summed E-state index contributed by atoms with van der Waals surface area (Å²) in [6.07, 6.45) is 1.63. The molecule has 18 heavy (non-hydrogen) atoms.